The topological polar surface area (TPSA) is 32.7 Å². The molecule has 1 heterocycles. The van der Waals surface area contributed by atoms with Crippen LogP contribution in [-0.2, 0) is 4.74 Å². The molecular weight excluding hydrogens is 250 g/mol. The molecule has 1 aliphatic heterocycles. The average Bonchev–Trinajstić information content (AvgIpc) is 2.41. The molecule has 1 rings (SSSR count). The van der Waals surface area contributed by atoms with Crippen LogP contribution in [0.25, 0.3) is 0 Å². The molecule has 1 fully saturated rings. The Kier molecular flexibility index (Phi) is 8.08. The minimum atomic E-state index is -0.350. The van der Waals surface area contributed by atoms with Crippen molar-refractivity contribution in [2.24, 2.45) is 5.92 Å². The zero-order valence-electron chi connectivity index (χ0n) is 14.1. The van der Waals surface area contributed by atoms with Gasteiger partial charge in [-0.3, -0.25) is 0 Å². The van der Waals surface area contributed by atoms with E-state index in [1.807, 2.05) is 0 Å². The van der Waals surface area contributed by atoms with E-state index in [4.69, 9.17) is 4.74 Å². The molecule has 1 N–H and O–H groups in total. The van der Waals surface area contributed by atoms with Gasteiger partial charge >= 0.3 is 0 Å². The Morgan fingerprint density at radius 2 is 1.90 bits per heavy atom. The highest BCUT2D eigenvalue weighted by molar-refractivity contribution is 4.91. The van der Waals surface area contributed by atoms with Crippen LogP contribution in [0.2, 0.25) is 0 Å². The summed E-state index contributed by atoms with van der Waals surface area (Å²) in [4.78, 5) is 2.15. The van der Waals surface area contributed by atoms with Crippen molar-refractivity contribution in [2.45, 2.75) is 90.1 Å². The monoisotopic (exact) mass is 285 g/mol. The van der Waals surface area contributed by atoms with Gasteiger partial charge in [-0.2, -0.15) is 0 Å². The predicted octanol–water partition coefficient (Wildman–Crippen LogP) is 3.45. The van der Waals surface area contributed by atoms with Crippen LogP contribution >= 0.6 is 0 Å². The van der Waals surface area contributed by atoms with Crippen LogP contribution in [0.4, 0.5) is 0 Å². The van der Waals surface area contributed by atoms with Gasteiger partial charge in [0.1, 0.15) is 0 Å². The Bertz CT molecular complexity index is 257. The maximum Gasteiger partial charge on any atom is 0.0960 e. The van der Waals surface area contributed by atoms with Gasteiger partial charge in [0.2, 0.25) is 0 Å². The Hall–Kier alpha value is -0.120. The van der Waals surface area contributed by atoms with E-state index in [2.05, 4.69) is 39.8 Å². The first-order valence-corrected chi connectivity index (χ1v) is 8.51. The van der Waals surface area contributed by atoms with E-state index < -0.39 is 0 Å². The minimum Gasteiger partial charge on any atom is -0.389 e. The second kappa shape index (κ2) is 9.01. The first-order chi connectivity index (χ1) is 9.51. The fourth-order valence-corrected chi connectivity index (χ4v) is 3.44. The summed E-state index contributed by atoms with van der Waals surface area (Å²) in [6.07, 6.45) is 8.29. The third-order valence-corrected chi connectivity index (χ3v) is 4.77. The predicted molar refractivity (Wildman–Crippen MR) is 85.0 cm³/mol. The number of hydrogen-bond acceptors (Lipinski definition) is 3. The molecule has 0 bridgehead atoms. The Balaban J connectivity index is 2.59. The van der Waals surface area contributed by atoms with Crippen molar-refractivity contribution in [1.29, 1.82) is 0 Å². The van der Waals surface area contributed by atoms with Crippen LogP contribution in [-0.4, -0.2) is 48.5 Å². The molecule has 0 aromatic carbocycles. The molecule has 1 aliphatic rings. The van der Waals surface area contributed by atoms with Gasteiger partial charge in [-0.05, 0) is 39.8 Å². The summed E-state index contributed by atoms with van der Waals surface area (Å²) in [6, 6.07) is 0.230. The van der Waals surface area contributed by atoms with Crippen molar-refractivity contribution in [2.75, 3.05) is 14.1 Å². The number of rotatable bonds is 8. The van der Waals surface area contributed by atoms with Crippen molar-refractivity contribution in [3.63, 3.8) is 0 Å². The van der Waals surface area contributed by atoms with Gasteiger partial charge in [0.15, 0.2) is 0 Å². The number of aliphatic hydroxyl groups is 1. The van der Waals surface area contributed by atoms with E-state index in [0.29, 0.717) is 5.92 Å². The van der Waals surface area contributed by atoms with Crippen molar-refractivity contribution < 1.29 is 9.84 Å². The molecule has 20 heavy (non-hydrogen) atoms. The van der Waals surface area contributed by atoms with Crippen molar-refractivity contribution in [3.8, 4) is 0 Å². The average molecular weight is 285 g/mol. The fraction of sp³-hybridized carbons (Fsp3) is 1.00. The van der Waals surface area contributed by atoms with Gasteiger partial charge in [0.05, 0.1) is 18.3 Å². The summed E-state index contributed by atoms with van der Waals surface area (Å²) in [7, 11) is 4.12. The molecule has 3 nitrogen and oxygen atoms in total. The number of aliphatic hydroxyl groups excluding tert-OH is 1. The molecule has 1 saturated heterocycles. The molecule has 0 spiro atoms. The summed E-state index contributed by atoms with van der Waals surface area (Å²) in [5.41, 5.74) is 0. The minimum absolute atomic E-state index is 0.0118. The van der Waals surface area contributed by atoms with E-state index in [9.17, 15) is 5.11 Å². The van der Waals surface area contributed by atoms with Gasteiger partial charge < -0.3 is 14.7 Å². The molecule has 0 saturated carbocycles. The summed E-state index contributed by atoms with van der Waals surface area (Å²) in [5, 5.41) is 10.7. The third kappa shape index (κ3) is 5.01. The van der Waals surface area contributed by atoms with Crippen molar-refractivity contribution in [3.05, 3.63) is 0 Å². The molecule has 0 amide bonds. The van der Waals surface area contributed by atoms with Gasteiger partial charge in [-0.15, -0.1) is 0 Å². The first-order valence-electron chi connectivity index (χ1n) is 8.51. The second-order valence-corrected chi connectivity index (χ2v) is 6.69. The number of ether oxygens (including phenoxy) is 1. The van der Waals surface area contributed by atoms with Gasteiger partial charge in [0, 0.05) is 6.04 Å². The largest absolute Gasteiger partial charge is 0.389 e. The summed E-state index contributed by atoms with van der Waals surface area (Å²) < 4.78 is 6.11. The lowest BCUT2D eigenvalue weighted by atomic mass is 9.83. The van der Waals surface area contributed by atoms with E-state index in [0.717, 1.165) is 12.8 Å². The maximum absolute atomic E-state index is 10.7. The van der Waals surface area contributed by atoms with Gasteiger partial charge in [-0.1, -0.05) is 46.0 Å². The molecule has 0 aromatic heterocycles. The van der Waals surface area contributed by atoms with Gasteiger partial charge in [0.25, 0.3) is 0 Å². The van der Waals surface area contributed by atoms with E-state index >= 15 is 0 Å². The lowest BCUT2D eigenvalue weighted by Crippen LogP contribution is -2.55. The molecule has 3 heteroatoms. The van der Waals surface area contributed by atoms with Crippen LogP contribution in [0.3, 0.4) is 0 Å². The molecule has 2 unspecified atom stereocenters. The Morgan fingerprint density at radius 3 is 2.45 bits per heavy atom. The second-order valence-electron chi connectivity index (χ2n) is 6.69. The zero-order valence-corrected chi connectivity index (χ0v) is 14.1. The van der Waals surface area contributed by atoms with Crippen LogP contribution in [0, 0.1) is 5.92 Å². The molecule has 0 radical (unpaired) electrons. The highest BCUT2D eigenvalue weighted by Crippen LogP contribution is 2.31. The first kappa shape index (κ1) is 17.9. The van der Waals surface area contributed by atoms with Crippen LogP contribution in [0.5, 0.6) is 0 Å². The summed E-state index contributed by atoms with van der Waals surface area (Å²) in [5.74, 6) is 0.493. The van der Waals surface area contributed by atoms with Crippen LogP contribution in [0.1, 0.15) is 65.7 Å². The molecule has 0 aromatic rings. The molecule has 5 atom stereocenters. The van der Waals surface area contributed by atoms with Crippen LogP contribution in [0.15, 0.2) is 0 Å². The van der Waals surface area contributed by atoms with E-state index in [1.165, 1.54) is 32.1 Å². The Morgan fingerprint density at radius 1 is 1.20 bits per heavy atom. The number of nitrogens with zero attached hydrogens (tertiary/aromatic N) is 1. The fourth-order valence-electron chi connectivity index (χ4n) is 3.44. The SMILES string of the molecule is CCCCCCC(CC)C1O[C@H](C)C[C@H](N(C)C)[C@H]1O. The van der Waals surface area contributed by atoms with E-state index in [-0.39, 0.29) is 24.4 Å². The number of likely N-dealkylation sites (N-methyl/N-ethyl adjacent to an activating group) is 1. The molecule has 120 valence electrons. The highest BCUT2D eigenvalue weighted by Gasteiger charge is 2.40. The smallest absolute Gasteiger partial charge is 0.0960 e. The van der Waals surface area contributed by atoms with E-state index in [1.54, 1.807) is 0 Å². The maximum atomic E-state index is 10.7. The Labute approximate surface area is 125 Å². The normalized spacial score (nSPS) is 32.5. The number of unbranched alkanes of at least 4 members (excludes halogenated alkanes) is 3. The zero-order chi connectivity index (χ0) is 15.1. The van der Waals surface area contributed by atoms with Gasteiger partial charge in [-0.25, -0.2) is 0 Å². The highest BCUT2D eigenvalue weighted by atomic mass is 16.5. The number of hydrogen-bond donors (Lipinski definition) is 1. The summed E-state index contributed by atoms with van der Waals surface area (Å²) in [6.45, 7) is 6.61. The standard InChI is InChI=1S/C17H35NO2/c1-6-8-9-10-11-14(7-2)17-16(19)15(18(4)5)12-13(3)20-17/h13-17,19H,6-12H2,1-5H3/t13-,14?,15+,16-,17?/m1/s1. The summed E-state index contributed by atoms with van der Waals surface area (Å²) >= 11 is 0. The molecular formula is C17H35NO2. The van der Waals surface area contributed by atoms with Crippen LogP contribution < -0.4 is 0 Å². The van der Waals surface area contributed by atoms with Crippen molar-refractivity contribution >= 4 is 0 Å². The molecule has 0 aliphatic carbocycles. The lowest BCUT2D eigenvalue weighted by molar-refractivity contribution is -0.164. The lowest BCUT2D eigenvalue weighted by Gasteiger charge is -2.44. The third-order valence-electron chi connectivity index (χ3n) is 4.77. The quantitative estimate of drug-likeness (QED) is 0.693. The van der Waals surface area contributed by atoms with Crippen molar-refractivity contribution in [1.82, 2.24) is 4.90 Å².